The smallest absolute Gasteiger partial charge is 0.254 e. The molecule has 2 N–H and O–H groups in total. The molecule has 0 bridgehead atoms. The van der Waals surface area contributed by atoms with Crippen molar-refractivity contribution in [2.45, 2.75) is 12.0 Å². The van der Waals surface area contributed by atoms with Crippen LogP contribution in [0.2, 0.25) is 0 Å². The van der Waals surface area contributed by atoms with E-state index in [1.54, 1.807) is 47.6 Å². The summed E-state index contributed by atoms with van der Waals surface area (Å²) in [5.41, 5.74) is 7.06. The molecule has 160 valence electrons. The molecule has 7 heteroatoms. The lowest BCUT2D eigenvalue weighted by Crippen LogP contribution is -2.61. The second-order valence-electron chi connectivity index (χ2n) is 7.52. The number of amides is 2. The van der Waals surface area contributed by atoms with Crippen molar-refractivity contribution in [1.29, 1.82) is 0 Å². The van der Waals surface area contributed by atoms with Crippen molar-refractivity contribution in [3.05, 3.63) is 77.2 Å². The van der Waals surface area contributed by atoms with Gasteiger partial charge in [-0.05, 0) is 40.8 Å². The molecule has 3 aromatic rings. The molecule has 1 aliphatic heterocycles. The first kappa shape index (κ1) is 21.1. The normalized spacial score (nSPS) is 18.5. The van der Waals surface area contributed by atoms with Crippen LogP contribution in [0.25, 0.3) is 10.4 Å². The summed E-state index contributed by atoms with van der Waals surface area (Å²) in [5.74, 6) is -0.148. The molecular formula is C24H24N2O4S. The predicted octanol–water partition coefficient (Wildman–Crippen LogP) is 3.36. The van der Waals surface area contributed by atoms with Crippen LogP contribution >= 0.6 is 11.3 Å². The minimum Gasteiger partial charge on any atom is -0.497 e. The third-order valence-corrected chi connectivity index (χ3v) is 6.41. The van der Waals surface area contributed by atoms with Crippen LogP contribution in [-0.2, 0) is 16.0 Å². The number of morpholine rings is 1. The molecule has 2 heterocycles. The number of primary amides is 1. The number of ether oxygens (including phenoxy) is 2. The third kappa shape index (κ3) is 4.47. The van der Waals surface area contributed by atoms with Gasteiger partial charge < -0.3 is 20.1 Å². The first-order valence-corrected chi connectivity index (χ1v) is 10.9. The number of thiophene rings is 1. The Morgan fingerprint density at radius 2 is 1.97 bits per heavy atom. The Kier molecular flexibility index (Phi) is 6.06. The number of hydrogen-bond donors (Lipinski definition) is 1. The van der Waals surface area contributed by atoms with Crippen molar-refractivity contribution in [1.82, 2.24) is 4.90 Å². The Morgan fingerprint density at radius 3 is 2.65 bits per heavy atom. The summed E-state index contributed by atoms with van der Waals surface area (Å²) in [6.07, 6.45) is 0.301. The standard InChI is InChI=1S/C24H24N2O4S/c1-29-20-5-2-4-19(14-20)22(27)26-11-12-30-24(16-26,23(25)28)15-17-7-9-18(10-8-17)21-6-3-13-31-21/h2-10,13-14H,11-12,15-16H2,1H3,(H2,25,28)/t24-/m1/s1. The molecule has 0 aliphatic carbocycles. The number of carbonyl (C=O) groups is 2. The summed E-state index contributed by atoms with van der Waals surface area (Å²) < 4.78 is 11.1. The fourth-order valence-electron chi connectivity index (χ4n) is 3.80. The van der Waals surface area contributed by atoms with E-state index >= 15 is 0 Å². The van der Waals surface area contributed by atoms with Crippen molar-refractivity contribution >= 4 is 23.2 Å². The maximum absolute atomic E-state index is 13.1. The minimum absolute atomic E-state index is 0.102. The topological polar surface area (TPSA) is 81.9 Å². The quantitative estimate of drug-likeness (QED) is 0.642. The number of rotatable bonds is 6. The monoisotopic (exact) mass is 436 g/mol. The third-order valence-electron chi connectivity index (χ3n) is 5.49. The molecule has 1 saturated heterocycles. The van der Waals surface area contributed by atoms with Gasteiger partial charge >= 0.3 is 0 Å². The lowest BCUT2D eigenvalue weighted by Gasteiger charge is -2.40. The van der Waals surface area contributed by atoms with Gasteiger partial charge in [0, 0.05) is 23.4 Å². The second kappa shape index (κ2) is 8.91. The molecule has 0 radical (unpaired) electrons. The Hall–Kier alpha value is -3.16. The number of methoxy groups -OCH3 is 1. The minimum atomic E-state index is -1.27. The molecule has 4 rings (SSSR count). The molecule has 6 nitrogen and oxygen atoms in total. The molecule has 2 amide bonds. The maximum Gasteiger partial charge on any atom is 0.254 e. The number of benzene rings is 2. The van der Waals surface area contributed by atoms with E-state index in [0.717, 1.165) is 11.1 Å². The van der Waals surface area contributed by atoms with E-state index in [4.69, 9.17) is 15.2 Å². The molecular weight excluding hydrogens is 412 g/mol. The van der Waals surface area contributed by atoms with Crippen LogP contribution in [0.1, 0.15) is 15.9 Å². The zero-order valence-electron chi connectivity index (χ0n) is 17.2. The van der Waals surface area contributed by atoms with E-state index in [9.17, 15) is 9.59 Å². The molecule has 0 saturated carbocycles. The zero-order valence-corrected chi connectivity index (χ0v) is 18.1. The van der Waals surface area contributed by atoms with Crippen LogP contribution in [-0.4, -0.2) is 49.1 Å². The van der Waals surface area contributed by atoms with Crippen LogP contribution in [0, 0.1) is 0 Å². The van der Waals surface area contributed by atoms with E-state index < -0.39 is 11.5 Å². The SMILES string of the molecule is COc1cccc(C(=O)N2CCO[C@@](Cc3ccc(-c4cccs4)cc3)(C(N)=O)C2)c1. The Balaban J connectivity index is 1.54. The molecule has 1 atom stereocenters. The van der Waals surface area contributed by atoms with Gasteiger partial charge in [-0.15, -0.1) is 11.3 Å². The van der Waals surface area contributed by atoms with Crippen LogP contribution in [0.15, 0.2) is 66.0 Å². The number of carbonyl (C=O) groups excluding carboxylic acids is 2. The summed E-state index contributed by atoms with van der Waals surface area (Å²) in [5, 5.41) is 2.04. The highest BCUT2D eigenvalue weighted by atomic mass is 32.1. The largest absolute Gasteiger partial charge is 0.497 e. The summed E-state index contributed by atoms with van der Waals surface area (Å²) in [6, 6.07) is 19.1. The van der Waals surface area contributed by atoms with Gasteiger partial charge in [0.15, 0.2) is 5.60 Å². The number of nitrogens with two attached hydrogens (primary N) is 1. The number of hydrogen-bond acceptors (Lipinski definition) is 5. The van der Waals surface area contributed by atoms with Crippen LogP contribution < -0.4 is 10.5 Å². The fraction of sp³-hybridized carbons (Fsp3) is 0.250. The average molecular weight is 437 g/mol. The Bertz CT molecular complexity index is 1070. The first-order valence-electron chi connectivity index (χ1n) is 10.0. The molecule has 0 spiro atoms. The van der Waals surface area contributed by atoms with Gasteiger partial charge in [-0.2, -0.15) is 0 Å². The maximum atomic E-state index is 13.1. The van der Waals surface area contributed by atoms with Crippen molar-refractivity contribution in [3.8, 4) is 16.2 Å². The molecule has 1 aromatic heterocycles. The van der Waals surface area contributed by atoms with Gasteiger partial charge in [0.05, 0.1) is 20.3 Å². The number of nitrogens with zero attached hydrogens (tertiary/aromatic N) is 1. The summed E-state index contributed by atoms with van der Waals surface area (Å²) in [4.78, 5) is 28.4. The van der Waals surface area contributed by atoms with Crippen molar-refractivity contribution < 1.29 is 19.1 Å². The Morgan fingerprint density at radius 1 is 1.16 bits per heavy atom. The van der Waals surface area contributed by atoms with E-state index in [-0.39, 0.29) is 19.1 Å². The van der Waals surface area contributed by atoms with Crippen molar-refractivity contribution in [3.63, 3.8) is 0 Å². The molecule has 31 heavy (non-hydrogen) atoms. The van der Waals surface area contributed by atoms with E-state index in [1.165, 1.54) is 4.88 Å². The molecule has 0 unspecified atom stereocenters. The lowest BCUT2D eigenvalue weighted by molar-refractivity contribution is -0.153. The van der Waals surface area contributed by atoms with Gasteiger partial charge in [0.25, 0.3) is 11.8 Å². The highest BCUT2D eigenvalue weighted by Gasteiger charge is 2.44. The van der Waals surface area contributed by atoms with Crippen LogP contribution in [0.3, 0.4) is 0 Å². The second-order valence-corrected chi connectivity index (χ2v) is 8.46. The molecule has 2 aromatic carbocycles. The van der Waals surface area contributed by atoms with E-state index in [0.29, 0.717) is 24.3 Å². The van der Waals surface area contributed by atoms with Gasteiger partial charge in [0.2, 0.25) is 0 Å². The Labute approximate surface area is 185 Å². The van der Waals surface area contributed by atoms with Gasteiger partial charge in [-0.1, -0.05) is 36.4 Å². The summed E-state index contributed by atoms with van der Waals surface area (Å²) >= 11 is 1.67. The van der Waals surface area contributed by atoms with Crippen molar-refractivity contribution in [2.24, 2.45) is 5.73 Å². The van der Waals surface area contributed by atoms with Gasteiger partial charge in [-0.3, -0.25) is 9.59 Å². The van der Waals surface area contributed by atoms with E-state index in [2.05, 4.69) is 6.07 Å². The van der Waals surface area contributed by atoms with Gasteiger partial charge in [-0.25, -0.2) is 0 Å². The average Bonchev–Trinajstić information content (AvgIpc) is 3.34. The van der Waals surface area contributed by atoms with Gasteiger partial charge in [0.1, 0.15) is 5.75 Å². The fourth-order valence-corrected chi connectivity index (χ4v) is 4.53. The summed E-state index contributed by atoms with van der Waals surface area (Å²) in [6.45, 7) is 0.735. The van der Waals surface area contributed by atoms with Crippen molar-refractivity contribution in [2.75, 3.05) is 26.8 Å². The first-order chi connectivity index (χ1) is 15.0. The zero-order chi connectivity index (χ0) is 21.8. The molecule has 1 fully saturated rings. The summed E-state index contributed by atoms with van der Waals surface area (Å²) in [7, 11) is 1.56. The highest BCUT2D eigenvalue weighted by molar-refractivity contribution is 7.13. The lowest BCUT2D eigenvalue weighted by atomic mass is 9.90. The van der Waals surface area contributed by atoms with Crippen LogP contribution in [0.4, 0.5) is 0 Å². The molecule has 1 aliphatic rings. The van der Waals surface area contributed by atoms with E-state index in [1.807, 2.05) is 35.7 Å². The highest BCUT2D eigenvalue weighted by Crippen LogP contribution is 2.28. The van der Waals surface area contributed by atoms with Crippen LogP contribution in [0.5, 0.6) is 5.75 Å². The predicted molar refractivity (Wildman–Crippen MR) is 120 cm³/mol.